The Balaban J connectivity index is 2.21. The van der Waals surface area contributed by atoms with Crippen molar-refractivity contribution in [3.8, 4) is 0 Å². The van der Waals surface area contributed by atoms with Crippen molar-refractivity contribution in [2.75, 3.05) is 19.0 Å². The number of hydrogen-bond donors (Lipinski definition) is 1. The second kappa shape index (κ2) is 6.67. The van der Waals surface area contributed by atoms with Crippen LogP contribution in [0.4, 0.5) is 14.7 Å². The van der Waals surface area contributed by atoms with Crippen LogP contribution in [0.3, 0.4) is 0 Å². The molecule has 0 aliphatic carbocycles. The normalized spacial score (nSPS) is 12.4. The van der Waals surface area contributed by atoms with Crippen molar-refractivity contribution in [1.82, 2.24) is 9.55 Å². The molecule has 114 valence electrons. The summed E-state index contributed by atoms with van der Waals surface area (Å²) in [6.07, 6.45) is 1.80. The summed E-state index contributed by atoms with van der Waals surface area (Å²) in [4.78, 5) is 4.36. The van der Waals surface area contributed by atoms with Crippen LogP contribution in [0.25, 0.3) is 0 Å². The van der Waals surface area contributed by atoms with E-state index in [9.17, 15) is 8.78 Å². The van der Waals surface area contributed by atoms with Crippen molar-refractivity contribution in [3.05, 3.63) is 47.3 Å². The van der Waals surface area contributed by atoms with Crippen LogP contribution in [0.1, 0.15) is 18.2 Å². The molecule has 1 unspecified atom stereocenters. The maximum Gasteiger partial charge on any atom is 0.203 e. The van der Waals surface area contributed by atoms with Crippen LogP contribution in [0.5, 0.6) is 0 Å². The van der Waals surface area contributed by atoms with Crippen molar-refractivity contribution in [3.63, 3.8) is 0 Å². The molecule has 0 bridgehead atoms. The molecule has 2 rings (SSSR count). The molecule has 4 nitrogen and oxygen atoms in total. The second-order valence-corrected chi connectivity index (χ2v) is 5.07. The van der Waals surface area contributed by atoms with Gasteiger partial charge >= 0.3 is 0 Å². The summed E-state index contributed by atoms with van der Waals surface area (Å²) in [5.74, 6) is -0.273. The van der Waals surface area contributed by atoms with Crippen LogP contribution in [-0.4, -0.2) is 29.3 Å². The molecule has 0 spiro atoms. The summed E-state index contributed by atoms with van der Waals surface area (Å²) in [6, 6.07) is 3.51. The van der Waals surface area contributed by atoms with Gasteiger partial charge in [0.2, 0.25) is 5.95 Å². The Morgan fingerprint density at radius 3 is 2.86 bits per heavy atom. The largest absolute Gasteiger partial charge is 0.383 e. The van der Waals surface area contributed by atoms with Gasteiger partial charge < -0.3 is 14.6 Å². The summed E-state index contributed by atoms with van der Waals surface area (Å²) in [5, 5.41) is 3.20. The summed E-state index contributed by atoms with van der Waals surface area (Å²) >= 11 is 0. The van der Waals surface area contributed by atoms with E-state index < -0.39 is 11.6 Å². The van der Waals surface area contributed by atoms with Crippen molar-refractivity contribution in [2.45, 2.75) is 26.4 Å². The number of imidazole rings is 1. The van der Waals surface area contributed by atoms with Crippen molar-refractivity contribution >= 4 is 5.95 Å². The Kier molecular flexibility index (Phi) is 4.90. The average Bonchev–Trinajstić information content (AvgIpc) is 2.74. The fourth-order valence-corrected chi connectivity index (χ4v) is 2.14. The Bertz CT molecular complexity index is 613. The SMILES string of the molecule is COCC(C)Nc1nc(C)cn1Cc1cc(F)ccc1F. The number of anilines is 1. The molecule has 0 amide bonds. The highest BCUT2D eigenvalue weighted by Gasteiger charge is 2.12. The number of benzene rings is 1. The number of ether oxygens (including phenoxy) is 1. The first kappa shape index (κ1) is 15.4. The summed E-state index contributed by atoms with van der Waals surface area (Å²) in [6.45, 7) is 4.55. The number of nitrogens with zero attached hydrogens (tertiary/aromatic N) is 2. The second-order valence-electron chi connectivity index (χ2n) is 5.07. The number of methoxy groups -OCH3 is 1. The summed E-state index contributed by atoms with van der Waals surface area (Å²) in [7, 11) is 1.62. The topological polar surface area (TPSA) is 39.1 Å². The third kappa shape index (κ3) is 4.01. The third-order valence-electron chi connectivity index (χ3n) is 3.04. The molecule has 0 aliphatic heterocycles. The molecule has 6 heteroatoms. The molecular formula is C15H19F2N3O. The molecule has 1 aromatic heterocycles. The lowest BCUT2D eigenvalue weighted by Gasteiger charge is -2.15. The van der Waals surface area contributed by atoms with Crippen LogP contribution in [0.2, 0.25) is 0 Å². The molecule has 1 N–H and O–H groups in total. The van der Waals surface area contributed by atoms with Gasteiger partial charge in [-0.05, 0) is 32.0 Å². The van der Waals surface area contributed by atoms with Gasteiger partial charge in [0.25, 0.3) is 0 Å². The van der Waals surface area contributed by atoms with E-state index in [4.69, 9.17) is 4.74 Å². The van der Waals surface area contributed by atoms with Crippen molar-refractivity contribution in [1.29, 1.82) is 0 Å². The minimum Gasteiger partial charge on any atom is -0.383 e. The van der Waals surface area contributed by atoms with Crippen LogP contribution in [0, 0.1) is 18.6 Å². The highest BCUT2D eigenvalue weighted by atomic mass is 19.1. The first-order chi connectivity index (χ1) is 9.99. The number of nitrogens with one attached hydrogen (secondary N) is 1. The number of rotatable bonds is 6. The molecule has 0 aliphatic rings. The van der Waals surface area contributed by atoms with Gasteiger partial charge in [0.1, 0.15) is 11.6 Å². The van der Waals surface area contributed by atoms with Crippen molar-refractivity contribution in [2.24, 2.45) is 0 Å². The number of aromatic nitrogens is 2. The minimum absolute atomic E-state index is 0.0629. The average molecular weight is 295 g/mol. The van der Waals surface area contributed by atoms with E-state index in [1.54, 1.807) is 17.9 Å². The van der Waals surface area contributed by atoms with E-state index in [1.165, 1.54) is 6.07 Å². The van der Waals surface area contributed by atoms with Gasteiger partial charge in [-0.2, -0.15) is 0 Å². The summed E-state index contributed by atoms with van der Waals surface area (Å²) in [5.41, 5.74) is 1.09. The maximum absolute atomic E-state index is 13.7. The molecule has 2 aromatic rings. The molecule has 1 heterocycles. The van der Waals surface area contributed by atoms with E-state index in [0.29, 0.717) is 12.6 Å². The van der Waals surface area contributed by atoms with Gasteiger partial charge in [-0.3, -0.25) is 0 Å². The molecule has 1 atom stereocenters. The van der Waals surface area contributed by atoms with E-state index >= 15 is 0 Å². The molecule has 0 saturated carbocycles. The zero-order valence-electron chi connectivity index (χ0n) is 12.4. The maximum atomic E-state index is 13.7. The van der Waals surface area contributed by atoms with Gasteiger partial charge in [0.15, 0.2) is 0 Å². The molecule has 0 fully saturated rings. The third-order valence-corrected chi connectivity index (χ3v) is 3.04. The van der Waals surface area contributed by atoms with Gasteiger partial charge in [-0.15, -0.1) is 0 Å². The van der Waals surface area contributed by atoms with Gasteiger partial charge in [-0.25, -0.2) is 13.8 Å². The van der Waals surface area contributed by atoms with Crippen LogP contribution >= 0.6 is 0 Å². The number of hydrogen-bond acceptors (Lipinski definition) is 3. The molecule has 1 aromatic carbocycles. The Morgan fingerprint density at radius 2 is 2.14 bits per heavy atom. The molecular weight excluding hydrogens is 276 g/mol. The highest BCUT2D eigenvalue weighted by molar-refractivity contribution is 5.32. The van der Waals surface area contributed by atoms with Crippen LogP contribution < -0.4 is 5.32 Å². The van der Waals surface area contributed by atoms with Crippen LogP contribution in [-0.2, 0) is 11.3 Å². The van der Waals surface area contributed by atoms with E-state index in [0.717, 1.165) is 17.8 Å². The Hall–Kier alpha value is -1.95. The van der Waals surface area contributed by atoms with Gasteiger partial charge in [0, 0.05) is 24.9 Å². The predicted octanol–water partition coefficient (Wildman–Crippen LogP) is 2.96. The van der Waals surface area contributed by atoms with Gasteiger partial charge in [0.05, 0.1) is 18.8 Å². The lowest BCUT2D eigenvalue weighted by atomic mass is 10.2. The molecule has 21 heavy (non-hydrogen) atoms. The molecule has 0 saturated heterocycles. The smallest absolute Gasteiger partial charge is 0.203 e. The molecule has 0 radical (unpaired) electrons. The first-order valence-corrected chi connectivity index (χ1v) is 6.72. The van der Waals surface area contributed by atoms with E-state index in [2.05, 4.69) is 10.3 Å². The van der Waals surface area contributed by atoms with E-state index in [1.807, 2.05) is 13.8 Å². The van der Waals surface area contributed by atoms with Crippen molar-refractivity contribution < 1.29 is 13.5 Å². The predicted molar refractivity (Wildman–Crippen MR) is 77.4 cm³/mol. The zero-order valence-corrected chi connectivity index (χ0v) is 12.4. The summed E-state index contributed by atoms with van der Waals surface area (Å²) < 4.78 is 33.8. The lowest BCUT2D eigenvalue weighted by molar-refractivity contribution is 0.190. The number of aryl methyl sites for hydroxylation is 1. The quantitative estimate of drug-likeness (QED) is 0.890. The first-order valence-electron chi connectivity index (χ1n) is 6.72. The number of halogens is 2. The fraction of sp³-hybridized carbons (Fsp3) is 0.400. The minimum atomic E-state index is -0.453. The zero-order chi connectivity index (χ0) is 15.4. The Labute approximate surface area is 122 Å². The standard InChI is InChI=1S/C15H19F2N3O/c1-10-7-20(15(18-10)19-11(2)9-21-3)8-12-6-13(16)4-5-14(12)17/h4-7,11H,8-9H2,1-3H3,(H,18,19). The Morgan fingerprint density at radius 1 is 1.38 bits per heavy atom. The van der Waals surface area contributed by atoms with E-state index in [-0.39, 0.29) is 18.2 Å². The van der Waals surface area contributed by atoms with Gasteiger partial charge in [-0.1, -0.05) is 0 Å². The lowest BCUT2D eigenvalue weighted by Crippen LogP contribution is -2.23. The fourth-order valence-electron chi connectivity index (χ4n) is 2.14. The highest BCUT2D eigenvalue weighted by Crippen LogP contribution is 2.16. The van der Waals surface area contributed by atoms with Crippen LogP contribution in [0.15, 0.2) is 24.4 Å². The monoisotopic (exact) mass is 295 g/mol.